The zero-order valence-electron chi connectivity index (χ0n) is 20.0. The molecule has 1 aliphatic heterocycles. The van der Waals surface area contributed by atoms with Crippen molar-refractivity contribution < 1.29 is 33.0 Å². The van der Waals surface area contributed by atoms with E-state index in [1.54, 1.807) is 18.2 Å². The van der Waals surface area contributed by atoms with E-state index in [0.717, 1.165) is 30.5 Å². The lowest BCUT2D eigenvalue weighted by atomic mass is 9.90. The maximum atomic E-state index is 14.3. The quantitative estimate of drug-likeness (QED) is 0.340. The molecule has 3 aromatic carbocycles. The Morgan fingerprint density at radius 1 is 1.08 bits per heavy atom. The van der Waals surface area contributed by atoms with Crippen LogP contribution < -0.4 is 14.8 Å². The topological polar surface area (TPSA) is 84.9 Å². The van der Waals surface area contributed by atoms with E-state index in [0.29, 0.717) is 41.9 Å². The van der Waals surface area contributed by atoms with Crippen molar-refractivity contribution in [3.05, 3.63) is 80.8 Å². The molecular weight excluding hydrogens is 539 g/mol. The molecule has 5 rings (SSSR count). The lowest BCUT2D eigenvalue weighted by molar-refractivity contribution is -0.139. The third-order valence-electron chi connectivity index (χ3n) is 6.52. The molecule has 0 radical (unpaired) electrons. The van der Waals surface area contributed by atoms with Crippen molar-refractivity contribution in [1.29, 1.82) is 0 Å². The number of fused-ring (bicyclic) bond motifs is 1. The van der Waals surface area contributed by atoms with Gasteiger partial charge in [-0.2, -0.15) is 0 Å². The number of benzene rings is 3. The van der Waals surface area contributed by atoms with E-state index in [1.807, 2.05) is 0 Å². The highest BCUT2D eigenvalue weighted by Gasteiger charge is 2.30. The van der Waals surface area contributed by atoms with Gasteiger partial charge in [-0.15, -0.1) is 0 Å². The van der Waals surface area contributed by atoms with Crippen molar-refractivity contribution in [2.45, 2.75) is 44.2 Å². The molecule has 1 atom stereocenters. The zero-order valence-corrected chi connectivity index (χ0v) is 21.5. The van der Waals surface area contributed by atoms with Gasteiger partial charge in [-0.05, 0) is 55.0 Å². The highest BCUT2D eigenvalue weighted by atomic mass is 35.5. The number of ether oxygens (including phenoxy) is 2. The Labute approximate surface area is 227 Å². The third kappa shape index (κ3) is 5.42. The number of nitrogens with one attached hydrogen (secondary N) is 1. The van der Waals surface area contributed by atoms with Crippen LogP contribution in [0, 0.1) is 11.6 Å². The third-order valence-corrected chi connectivity index (χ3v) is 7.15. The molecule has 0 unspecified atom stereocenters. The van der Waals surface area contributed by atoms with Gasteiger partial charge in [-0.1, -0.05) is 41.4 Å². The fraction of sp³-hybridized carbons (Fsp3) is 0.286. The second-order valence-corrected chi connectivity index (χ2v) is 10.1. The number of amides is 1. The number of carbonyl (C=O) groups is 2. The first-order chi connectivity index (χ1) is 18.2. The number of carboxylic acids is 1. The predicted octanol–water partition coefficient (Wildman–Crippen LogP) is 6.23. The highest BCUT2D eigenvalue weighted by Crippen LogP contribution is 2.44. The first kappa shape index (κ1) is 26.3. The van der Waals surface area contributed by atoms with Crippen LogP contribution in [0.4, 0.5) is 8.78 Å². The van der Waals surface area contributed by atoms with E-state index in [-0.39, 0.29) is 33.9 Å². The number of carbonyl (C=O) groups excluding carboxylic acids is 1. The van der Waals surface area contributed by atoms with Crippen LogP contribution in [-0.2, 0) is 17.6 Å². The Hall–Kier alpha value is -3.36. The van der Waals surface area contributed by atoms with Gasteiger partial charge in [0.1, 0.15) is 17.5 Å². The van der Waals surface area contributed by atoms with Crippen molar-refractivity contribution in [3.63, 3.8) is 0 Å². The second kappa shape index (κ2) is 10.8. The van der Waals surface area contributed by atoms with Gasteiger partial charge >= 0.3 is 5.97 Å². The van der Waals surface area contributed by atoms with Crippen molar-refractivity contribution in [2.75, 3.05) is 6.61 Å². The first-order valence-electron chi connectivity index (χ1n) is 12.1. The minimum Gasteiger partial charge on any atom is -0.493 e. The minimum atomic E-state index is -1.29. The van der Waals surface area contributed by atoms with Gasteiger partial charge < -0.3 is 19.9 Å². The molecule has 6 nitrogen and oxygen atoms in total. The molecule has 1 aliphatic carbocycles. The monoisotopic (exact) mass is 561 g/mol. The molecule has 198 valence electrons. The summed E-state index contributed by atoms with van der Waals surface area (Å²) in [5.41, 5.74) is 2.26. The minimum absolute atomic E-state index is 0.00989. The van der Waals surface area contributed by atoms with Crippen molar-refractivity contribution in [2.24, 2.45) is 0 Å². The van der Waals surface area contributed by atoms with E-state index >= 15 is 0 Å². The van der Waals surface area contributed by atoms with E-state index in [9.17, 15) is 23.5 Å². The van der Waals surface area contributed by atoms with Crippen LogP contribution in [0.1, 0.15) is 40.7 Å². The summed E-state index contributed by atoms with van der Waals surface area (Å²) in [6.45, 7) is 0.413. The number of rotatable bonds is 8. The summed E-state index contributed by atoms with van der Waals surface area (Å²) < 4.78 is 40.2. The van der Waals surface area contributed by atoms with Gasteiger partial charge in [0.2, 0.25) is 0 Å². The average Bonchev–Trinajstić information content (AvgIpc) is 3.70. The molecule has 3 aromatic rings. The van der Waals surface area contributed by atoms with Gasteiger partial charge in [-0.25, -0.2) is 13.6 Å². The zero-order chi connectivity index (χ0) is 27.0. The first-order valence-corrected chi connectivity index (χ1v) is 12.9. The summed E-state index contributed by atoms with van der Waals surface area (Å²) in [7, 11) is 0. The van der Waals surface area contributed by atoms with Crippen molar-refractivity contribution in [1.82, 2.24) is 5.32 Å². The van der Waals surface area contributed by atoms with Gasteiger partial charge in [0, 0.05) is 23.6 Å². The lowest BCUT2D eigenvalue weighted by Crippen LogP contribution is -2.42. The molecule has 1 fully saturated rings. The summed E-state index contributed by atoms with van der Waals surface area (Å²) in [5, 5.41) is 12.6. The smallest absolute Gasteiger partial charge is 0.326 e. The standard InChI is InChI=1S/C28H23Cl2F2NO5/c29-19-4-1-5-20(30)25(19)27(34)33-23(28(35)36)11-14-6-9-17(26-16(14)3-2-10-37-26)18-12-21(31)22(32)13-24(18)38-15-7-8-15/h1,4-6,9,12-13,15,23H,2-3,7-8,10-11H2,(H,33,34)(H,35,36)/t23-/m0/s1. The van der Waals surface area contributed by atoms with Crippen LogP contribution in [0.5, 0.6) is 11.5 Å². The molecule has 38 heavy (non-hydrogen) atoms. The largest absolute Gasteiger partial charge is 0.493 e. The van der Waals surface area contributed by atoms with E-state index in [4.69, 9.17) is 32.7 Å². The normalized spacial score (nSPS) is 15.3. The van der Waals surface area contributed by atoms with Crippen LogP contribution in [0.3, 0.4) is 0 Å². The molecule has 10 heteroatoms. The Morgan fingerprint density at radius 2 is 1.79 bits per heavy atom. The molecule has 0 spiro atoms. The number of halogens is 4. The average molecular weight is 562 g/mol. The molecule has 1 heterocycles. The number of hydrogen-bond donors (Lipinski definition) is 2. The Balaban J connectivity index is 1.49. The number of hydrogen-bond acceptors (Lipinski definition) is 4. The van der Waals surface area contributed by atoms with Gasteiger partial charge in [0.05, 0.1) is 28.3 Å². The summed E-state index contributed by atoms with van der Waals surface area (Å²) >= 11 is 12.2. The molecule has 2 N–H and O–H groups in total. The van der Waals surface area contributed by atoms with Crippen LogP contribution in [0.2, 0.25) is 10.0 Å². The maximum Gasteiger partial charge on any atom is 0.326 e. The van der Waals surface area contributed by atoms with E-state index in [1.165, 1.54) is 12.1 Å². The van der Waals surface area contributed by atoms with Crippen LogP contribution in [0.25, 0.3) is 11.1 Å². The van der Waals surface area contributed by atoms with Gasteiger partial charge in [0.15, 0.2) is 11.6 Å². The fourth-order valence-electron chi connectivity index (χ4n) is 4.50. The summed E-state index contributed by atoms with van der Waals surface area (Å²) in [6.07, 6.45) is 2.87. The van der Waals surface area contributed by atoms with Gasteiger partial charge in [-0.3, -0.25) is 4.79 Å². The van der Waals surface area contributed by atoms with Gasteiger partial charge in [0.25, 0.3) is 5.91 Å². The molecule has 1 saturated carbocycles. The number of carboxylic acid groups (broad SMARTS) is 1. The number of aliphatic carboxylic acids is 1. The maximum absolute atomic E-state index is 14.3. The second-order valence-electron chi connectivity index (χ2n) is 9.28. The van der Waals surface area contributed by atoms with Crippen LogP contribution in [-0.4, -0.2) is 35.7 Å². The molecule has 2 aliphatic rings. The predicted molar refractivity (Wildman–Crippen MR) is 138 cm³/mol. The molecule has 1 amide bonds. The van der Waals surface area contributed by atoms with E-state index < -0.39 is 29.6 Å². The lowest BCUT2D eigenvalue weighted by Gasteiger charge is -2.25. The van der Waals surface area contributed by atoms with E-state index in [2.05, 4.69) is 5.32 Å². The molecule has 0 aromatic heterocycles. The Bertz CT molecular complexity index is 1410. The Morgan fingerprint density at radius 3 is 2.47 bits per heavy atom. The molecule has 0 saturated heterocycles. The molecular formula is C28H23Cl2F2NO5. The fourth-order valence-corrected chi connectivity index (χ4v) is 5.07. The van der Waals surface area contributed by atoms with Crippen molar-refractivity contribution >= 4 is 35.1 Å². The highest BCUT2D eigenvalue weighted by molar-refractivity contribution is 6.39. The summed E-state index contributed by atoms with van der Waals surface area (Å²) in [4.78, 5) is 25.0. The Kier molecular flexibility index (Phi) is 7.45. The van der Waals surface area contributed by atoms with Crippen molar-refractivity contribution in [3.8, 4) is 22.6 Å². The SMILES string of the molecule is O=C(N[C@@H](Cc1ccc(-c2cc(F)c(F)cc2OC2CC2)c2c1CCCO2)C(=O)O)c1c(Cl)cccc1Cl. The summed E-state index contributed by atoms with van der Waals surface area (Å²) in [5.74, 6) is -3.28. The van der Waals surface area contributed by atoms with Crippen LogP contribution >= 0.6 is 23.2 Å². The summed E-state index contributed by atoms with van der Waals surface area (Å²) in [6, 6.07) is 8.80. The van der Waals surface area contributed by atoms with Crippen LogP contribution in [0.15, 0.2) is 42.5 Å². The molecule has 0 bridgehead atoms.